The second-order valence-corrected chi connectivity index (χ2v) is 8.87. The van der Waals surface area contributed by atoms with Crippen molar-refractivity contribution in [3.8, 4) is 11.5 Å². The van der Waals surface area contributed by atoms with Gasteiger partial charge in [0.2, 0.25) is 0 Å². The van der Waals surface area contributed by atoms with E-state index < -0.39 is 4.92 Å². The zero-order valence-corrected chi connectivity index (χ0v) is 49.1. The van der Waals surface area contributed by atoms with Gasteiger partial charge in [-0.15, -0.1) is 0 Å². The van der Waals surface area contributed by atoms with E-state index in [4.69, 9.17) is 20.3 Å². The molecule has 3 N–H and O–H groups in total. The van der Waals surface area contributed by atoms with Gasteiger partial charge in [0, 0.05) is 25.4 Å². The predicted octanol–water partition coefficient (Wildman–Crippen LogP) is 0.911. The van der Waals surface area contributed by atoms with Gasteiger partial charge >= 0.3 is 241 Å². The van der Waals surface area contributed by atoms with Crippen LogP contribution in [0.2, 0.25) is 0 Å². The van der Waals surface area contributed by atoms with Crippen LogP contribution in [0.15, 0.2) is 36.4 Å². The summed E-state index contributed by atoms with van der Waals surface area (Å²) in [6.07, 6.45) is 0. The van der Waals surface area contributed by atoms with E-state index in [1.54, 1.807) is 26.0 Å². The first-order chi connectivity index (χ1) is 17.1. The maximum absolute atomic E-state index is 10.7. The number of aliphatic hydroxyl groups excluding tert-OH is 1. The molecule has 2 aromatic rings. The summed E-state index contributed by atoms with van der Waals surface area (Å²) < 4.78 is 11.4. The Bertz CT molecular complexity index is 874. The van der Waals surface area contributed by atoms with Crippen LogP contribution in [0.5, 0.6) is 11.5 Å². The van der Waals surface area contributed by atoms with E-state index in [1.165, 1.54) is 196 Å². The molecule has 14 heteroatoms. The Kier molecular flexibility index (Phi) is 52.3. The number of anilines is 1. The molecule has 0 heterocycles. The Labute approximate surface area is 412 Å². The van der Waals surface area contributed by atoms with Gasteiger partial charge in [0.15, 0.2) is 0 Å². The van der Waals surface area contributed by atoms with E-state index in [9.17, 15) is 10.1 Å². The fourth-order valence-electron chi connectivity index (χ4n) is 2.31. The standard InChI is InChI=1S/C11H15NO3.C11H17NO.C2H6O.7K.H2.H/c1-8-9(12(13)14)6-5-7-10(8)15-11(2,3)4;1-8-9(12)6-5-7-10(8)13-11(2,3)4;1-2-3;;;;;;;;;/h5-7H,1-4H3;5-7H,12H2,1-4H3;3H,2H2,1H3;;;;;;;;1H;/q;;;;;;;;;+1;;-1. The van der Waals surface area contributed by atoms with Crippen molar-refractivity contribution in [2.45, 2.75) is 73.5 Å². The Hall–Kier alpha value is 8.65. The summed E-state index contributed by atoms with van der Waals surface area (Å²) >= 11 is 7.50. The molecule has 0 amide bonds. The van der Waals surface area contributed by atoms with Crippen molar-refractivity contribution in [2.75, 3.05) is 12.3 Å². The number of nitrogens with two attached hydrogens (primary N) is 1. The summed E-state index contributed by atoms with van der Waals surface area (Å²) in [7, 11) is 0. The number of aliphatic hydroxyl groups is 1. The Balaban J connectivity index is -0.0000000802. The first-order valence-corrected chi connectivity index (χ1v) is 61.2. The summed E-state index contributed by atoms with van der Waals surface area (Å²) in [6.45, 7) is 17.4. The normalized spacial score (nSPS) is 9.42. The van der Waals surface area contributed by atoms with Gasteiger partial charge in [-0.25, -0.2) is 0 Å². The second-order valence-electron chi connectivity index (χ2n) is 8.87. The molecular formula is C24H41K7N2O5. The fourth-order valence-corrected chi connectivity index (χ4v) is 2.31. The number of ether oxygens (including phenoxy) is 2. The van der Waals surface area contributed by atoms with Gasteiger partial charge < -0.3 is 21.7 Å². The molecule has 7 nitrogen and oxygen atoms in total. The summed E-state index contributed by atoms with van der Waals surface area (Å²) in [5, 5.41) is 18.3. The van der Waals surface area contributed by atoms with E-state index >= 15 is 0 Å². The number of benzene rings is 2. The van der Waals surface area contributed by atoms with Crippen molar-refractivity contribution < 1.29 is 73.7 Å². The quantitative estimate of drug-likeness (QED) is 0.213. The Morgan fingerprint density at radius 2 is 1.18 bits per heavy atom. The van der Waals surface area contributed by atoms with E-state index in [0.717, 1.165) is 17.0 Å². The van der Waals surface area contributed by atoms with E-state index in [0.29, 0.717) is 11.3 Å². The molecule has 2 aromatic carbocycles. The van der Waals surface area contributed by atoms with Gasteiger partial charge in [-0.1, -0.05) is 12.1 Å². The molecule has 0 spiro atoms. The number of nitro groups is 1. The number of hydrogen-bond donors (Lipinski definition) is 2. The first kappa shape index (κ1) is 56.0. The van der Waals surface area contributed by atoms with Crippen LogP contribution in [0.25, 0.3) is 0 Å². The van der Waals surface area contributed by atoms with Crippen molar-refractivity contribution in [1.82, 2.24) is 0 Å². The third-order valence-corrected chi connectivity index (χ3v) is 3.61. The molecule has 0 aliphatic heterocycles. The van der Waals surface area contributed by atoms with Crippen LogP contribution in [0.4, 0.5) is 11.4 Å². The molecule has 38 heavy (non-hydrogen) atoms. The van der Waals surface area contributed by atoms with Crippen LogP contribution in [0.1, 0.15) is 62.4 Å². The van der Waals surface area contributed by atoms with Crippen LogP contribution in [0.3, 0.4) is 0 Å². The number of rotatable bonds is 3. The zero-order chi connectivity index (χ0) is 30.4. The first-order valence-electron chi connectivity index (χ1n) is 13.2. The molecule has 184 valence electrons. The summed E-state index contributed by atoms with van der Waals surface area (Å²) in [6, 6.07) is 10.6. The van der Waals surface area contributed by atoms with E-state index in [-0.39, 0.29) is 77.7 Å². The van der Waals surface area contributed by atoms with Gasteiger partial charge in [0.25, 0.3) is 5.69 Å². The van der Waals surface area contributed by atoms with Crippen LogP contribution >= 0.6 is 0 Å². The van der Waals surface area contributed by atoms with Crippen molar-refractivity contribution in [3.05, 3.63) is 57.6 Å². The molecule has 0 aromatic heterocycles. The summed E-state index contributed by atoms with van der Waals surface area (Å²) in [4.78, 5) is 10.3. The van der Waals surface area contributed by atoms with Gasteiger partial charge in [0.05, 0.1) is 10.5 Å². The SMILES string of the molecule is CCO.Cc1c(N)cccc1OC(C)(C)C.Cc1c(OC(C)(C)C)cccc1[N+](=O)[O-].[H-].[HH].[K+].[K][K].[K][K].[K][K]. The van der Waals surface area contributed by atoms with Crippen molar-refractivity contribution in [3.63, 3.8) is 0 Å². The zero-order valence-electron chi connectivity index (χ0n) is 28.3. The Morgan fingerprint density at radius 1 is 0.868 bits per heavy atom. The van der Waals surface area contributed by atoms with Crippen molar-refractivity contribution in [2.24, 2.45) is 0 Å². The average molecular weight is 711 g/mol. The molecule has 2 rings (SSSR count). The van der Waals surface area contributed by atoms with Crippen LogP contribution in [0, 0.1) is 24.0 Å². The van der Waals surface area contributed by atoms with Crippen molar-refractivity contribution >= 4 is 201 Å². The maximum atomic E-state index is 10.7. The van der Waals surface area contributed by atoms with Crippen molar-refractivity contribution in [1.29, 1.82) is 0 Å². The molecule has 0 radical (unpaired) electrons. The Morgan fingerprint density at radius 3 is 1.50 bits per heavy atom. The molecular weight excluding hydrogens is 670 g/mol. The average Bonchev–Trinajstić information content (AvgIpc) is 2.81. The number of nitrogen functional groups attached to an aromatic ring is 1. The molecule has 0 aliphatic carbocycles. The number of nitrogens with zero attached hydrogens (tertiary/aromatic N) is 1. The predicted molar refractivity (Wildman–Crippen MR) is 165 cm³/mol. The van der Waals surface area contributed by atoms with Crippen LogP contribution < -0.4 is 66.6 Å². The van der Waals surface area contributed by atoms with Gasteiger partial charge in [-0.05, 0) is 80.5 Å². The van der Waals surface area contributed by atoms with Gasteiger partial charge in [-0.3, -0.25) is 10.1 Å². The van der Waals surface area contributed by atoms with E-state index in [1.807, 2.05) is 66.7 Å². The second kappa shape index (κ2) is 35.5. The molecule has 0 aliphatic rings. The van der Waals surface area contributed by atoms with Gasteiger partial charge in [0.1, 0.15) is 22.7 Å². The number of nitro benzene ring substituents is 1. The third-order valence-electron chi connectivity index (χ3n) is 3.61. The molecule has 0 unspecified atom stereocenters. The van der Waals surface area contributed by atoms with Gasteiger partial charge in [-0.2, -0.15) is 0 Å². The molecule has 0 saturated heterocycles. The minimum absolute atomic E-state index is 0. The minimum atomic E-state index is -0.398. The molecule has 0 fully saturated rings. The molecule has 0 atom stereocenters. The van der Waals surface area contributed by atoms with Crippen LogP contribution in [-0.4, -0.2) is 217 Å². The van der Waals surface area contributed by atoms with Crippen LogP contribution in [-0.2, 0) is 0 Å². The monoisotopic (exact) mass is 710 g/mol. The summed E-state index contributed by atoms with van der Waals surface area (Å²) in [5.41, 5.74) is 7.70. The molecule has 0 bridgehead atoms. The third kappa shape index (κ3) is 33.2. The summed E-state index contributed by atoms with van der Waals surface area (Å²) in [5.74, 6) is 1.43. The number of hydrogen-bond acceptors (Lipinski definition) is 6. The fraction of sp³-hybridized carbons (Fsp3) is 0.500. The molecule has 0 saturated carbocycles. The van der Waals surface area contributed by atoms with E-state index in [2.05, 4.69) is 0 Å². The topological polar surface area (TPSA) is 108 Å².